The number of carboxylic acid groups (broad SMARTS) is 1. The largest absolute Gasteiger partial charge is 0.481 e. The van der Waals surface area contributed by atoms with Gasteiger partial charge in [-0.25, -0.2) is 0 Å². The van der Waals surface area contributed by atoms with Gasteiger partial charge in [-0.15, -0.1) is 0 Å². The molecule has 0 fully saturated rings. The average molecular weight is 519 g/mol. The molecule has 208 valence electrons. The normalized spacial score (nSPS) is 10.3. The summed E-state index contributed by atoms with van der Waals surface area (Å²) in [5.74, 6) is -3.26. The highest BCUT2D eigenvalue weighted by molar-refractivity contribution is 5.83. The predicted octanol–water partition coefficient (Wildman–Crippen LogP) is 1.78. The molecule has 0 spiro atoms. The van der Waals surface area contributed by atoms with Crippen LogP contribution < -0.4 is 0 Å². The van der Waals surface area contributed by atoms with Crippen LogP contribution in [0.25, 0.3) is 0 Å². The van der Waals surface area contributed by atoms with Gasteiger partial charge in [-0.1, -0.05) is 0 Å². The minimum Gasteiger partial charge on any atom is -0.481 e. The van der Waals surface area contributed by atoms with E-state index in [0.717, 1.165) is 0 Å². The lowest BCUT2D eigenvalue weighted by atomic mass is 10.2. The molecule has 0 aliphatic heterocycles. The molecule has 12 nitrogen and oxygen atoms in total. The van der Waals surface area contributed by atoms with Crippen LogP contribution in [-0.2, 0) is 43.0 Å². The Morgan fingerprint density at radius 3 is 1.25 bits per heavy atom. The van der Waals surface area contributed by atoms with Crippen molar-refractivity contribution < 1.29 is 48.1 Å². The number of rotatable bonds is 14. The number of nitrogens with zero attached hydrogens (tertiary/aromatic N) is 2. The molecule has 0 bridgehead atoms. The van der Waals surface area contributed by atoms with E-state index in [4.69, 9.17) is 14.6 Å². The standard InChI is InChI=1S/C14H25NO5.C10H17NO5/c1-6-15(7-2)11(16)10-19-12(17)8-9-13(18)20-14(3,4)5;1-3-11(4-2)8(12)7-16-10(15)6-5-9(13)14/h6-10H2,1-5H3;3-7H2,1-2H3,(H,13,14). The fraction of sp³-hybridized carbons (Fsp3) is 0.750. The first-order valence-corrected chi connectivity index (χ1v) is 12.0. The van der Waals surface area contributed by atoms with Crippen molar-refractivity contribution in [2.45, 2.75) is 79.8 Å². The zero-order valence-electron chi connectivity index (χ0n) is 22.6. The summed E-state index contributed by atoms with van der Waals surface area (Å²) in [6.07, 6.45) is -0.616. The lowest BCUT2D eigenvalue weighted by Gasteiger charge is -2.19. The first-order chi connectivity index (χ1) is 16.7. The molecule has 0 saturated heterocycles. The summed E-state index contributed by atoms with van der Waals surface area (Å²) in [7, 11) is 0. The Morgan fingerprint density at radius 2 is 0.944 bits per heavy atom. The summed E-state index contributed by atoms with van der Waals surface area (Å²) in [5, 5.41) is 8.32. The van der Waals surface area contributed by atoms with Gasteiger partial charge in [0.1, 0.15) is 5.60 Å². The van der Waals surface area contributed by atoms with Crippen LogP contribution in [0.2, 0.25) is 0 Å². The minimum atomic E-state index is -1.06. The SMILES string of the molecule is CCN(CC)C(=O)COC(=O)CCC(=O)O.CCN(CC)C(=O)COC(=O)CCC(=O)OC(C)(C)C. The summed E-state index contributed by atoms with van der Waals surface area (Å²) in [5.41, 5.74) is -0.570. The monoisotopic (exact) mass is 518 g/mol. The van der Waals surface area contributed by atoms with Crippen molar-refractivity contribution >= 4 is 35.7 Å². The number of hydrogen-bond acceptors (Lipinski definition) is 9. The lowest BCUT2D eigenvalue weighted by molar-refractivity contribution is -0.159. The molecular formula is C24H42N2O10. The van der Waals surface area contributed by atoms with Crippen LogP contribution >= 0.6 is 0 Å². The summed E-state index contributed by atoms with van der Waals surface area (Å²) < 4.78 is 14.5. The van der Waals surface area contributed by atoms with E-state index in [1.165, 1.54) is 4.90 Å². The van der Waals surface area contributed by atoms with Crippen molar-refractivity contribution in [3.63, 3.8) is 0 Å². The molecule has 36 heavy (non-hydrogen) atoms. The first-order valence-electron chi connectivity index (χ1n) is 12.0. The molecule has 0 unspecified atom stereocenters. The van der Waals surface area contributed by atoms with Gasteiger partial charge in [-0.05, 0) is 48.5 Å². The number of amides is 2. The Hall–Kier alpha value is -3.18. The Morgan fingerprint density at radius 1 is 0.611 bits per heavy atom. The maximum Gasteiger partial charge on any atom is 0.306 e. The second kappa shape index (κ2) is 19.1. The van der Waals surface area contributed by atoms with Gasteiger partial charge < -0.3 is 29.1 Å². The molecule has 0 atom stereocenters. The van der Waals surface area contributed by atoms with Gasteiger partial charge in [0.15, 0.2) is 13.2 Å². The molecule has 0 aromatic carbocycles. The number of ether oxygens (including phenoxy) is 3. The number of esters is 3. The summed E-state index contributed by atoms with van der Waals surface area (Å²) >= 11 is 0. The fourth-order valence-electron chi connectivity index (χ4n) is 2.57. The van der Waals surface area contributed by atoms with Crippen molar-refractivity contribution in [2.24, 2.45) is 0 Å². The van der Waals surface area contributed by atoms with Gasteiger partial charge in [0.25, 0.3) is 11.8 Å². The van der Waals surface area contributed by atoms with Crippen molar-refractivity contribution in [1.82, 2.24) is 9.80 Å². The van der Waals surface area contributed by atoms with Crippen molar-refractivity contribution in [1.29, 1.82) is 0 Å². The summed E-state index contributed by atoms with van der Waals surface area (Å²) in [6, 6.07) is 0. The second-order valence-electron chi connectivity index (χ2n) is 8.43. The van der Waals surface area contributed by atoms with Crippen LogP contribution in [0, 0.1) is 0 Å². The molecule has 0 rings (SSSR count). The van der Waals surface area contributed by atoms with Gasteiger partial charge in [0.2, 0.25) is 0 Å². The molecule has 0 aliphatic rings. The highest BCUT2D eigenvalue weighted by Gasteiger charge is 2.18. The van der Waals surface area contributed by atoms with E-state index in [0.29, 0.717) is 26.2 Å². The summed E-state index contributed by atoms with van der Waals surface area (Å²) in [6.45, 7) is 14.3. The van der Waals surface area contributed by atoms with Gasteiger partial charge in [-0.3, -0.25) is 28.8 Å². The highest BCUT2D eigenvalue weighted by atomic mass is 16.6. The van der Waals surface area contributed by atoms with Crippen LogP contribution in [0.3, 0.4) is 0 Å². The van der Waals surface area contributed by atoms with Gasteiger partial charge in [0.05, 0.1) is 25.7 Å². The molecule has 1 N–H and O–H groups in total. The third kappa shape index (κ3) is 19.2. The minimum absolute atomic E-state index is 0.0461. The van der Waals surface area contributed by atoms with Crippen molar-refractivity contribution in [2.75, 3.05) is 39.4 Å². The molecule has 12 heteroatoms. The zero-order chi connectivity index (χ0) is 28.3. The lowest BCUT2D eigenvalue weighted by Crippen LogP contribution is -2.34. The van der Waals surface area contributed by atoms with Gasteiger partial charge in [0, 0.05) is 26.2 Å². The number of carbonyl (C=O) groups excluding carboxylic acids is 5. The van der Waals surface area contributed by atoms with Crippen LogP contribution in [0.4, 0.5) is 0 Å². The Kier molecular flexibility index (Phi) is 18.5. The first kappa shape index (κ1) is 35.0. The topological polar surface area (TPSA) is 157 Å². The Labute approximate surface area is 213 Å². The number of carboxylic acids is 1. The van der Waals surface area contributed by atoms with E-state index in [2.05, 4.69) is 4.74 Å². The maximum atomic E-state index is 11.6. The summed E-state index contributed by atoms with van der Waals surface area (Å²) in [4.78, 5) is 70.0. The van der Waals surface area contributed by atoms with Crippen LogP contribution in [-0.4, -0.2) is 95.6 Å². The van der Waals surface area contributed by atoms with Crippen LogP contribution in [0.1, 0.15) is 74.1 Å². The van der Waals surface area contributed by atoms with E-state index in [1.54, 1.807) is 25.7 Å². The molecule has 0 aromatic rings. The highest BCUT2D eigenvalue weighted by Crippen LogP contribution is 2.09. The number of hydrogen-bond donors (Lipinski definition) is 1. The number of carbonyl (C=O) groups is 6. The van der Waals surface area contributed by atoms with Gasteiger partial charge in [-0.2, -0.15) is 0 Å². The second-order valence-corrected chi connectivity index (χ2v) is 8.43. The average Bonchev–Trinajstić information content (AvgIpc) is 2.79. The van der Waals surface area contributed by atoms with Crippen molar-refractivity contribution in [3.05, 3.63) is 0 Å². The third-order valence-electron chi connectivity index (χ3n) is 4.44. The molecule has 2 amide bonds. The number of likely N-dealkylation sites (N-methyl/N-ethyl adjacent to an activating group) is 2. The van der Waals surface area contributed by atoms with E-state index in [-0.39, 0.29) is 50.7 Å². The molecule has 0 aromatic heterocycles. The molecule has 0 radical (unpaired) electrons. The third-order valence-corrected chi connectivity index (χ3v) is 4.44. The fourth-order valence-corrected chi connectivity index (χ4v) is 2.57. The molecule has 0 heterocycles. The van der Waals surface area contributed by atoms with Crippen molar-refractivity contribution in [3.8, 4) is 0 Å². The number of aliphatic carboxylic acids is 1. The Bertz CT molecular complexity index is 723. The van der Waals surface area contributed by atoms with E-state index in [1.807, 2.05) is 27.7 Å². The molecule has 0 aliphatic carbocycles. The van der Waals surface area contributed by atoms with Crippen LogP contribution in [0.15, 0.2) is 0 Å². The molecule has 0 saturated carbocycles. The smallest absolute Gasteiger partial charge is 0.306 e. The van der Waals surface area contributed by atoms with E-state index >= 15 is 0 Å². The van der Waals surface area contributed by atoms with E-state index < -0.39 is 29.5 Å². The maximum absolute atomic E-state index is 11.6. The van der Waals surface area contributed by atoms with Gasteiger partial charge >= 0.3 is 23.9 Å². The molecular weight excluding hydrogens is 476 g/mol. The van der Waals surface area contributed by atoms with Crippen LogP contribution in [0.5, 0.6) is 0 Å². The Balaban J connectivity index is 0. The quantitative estimate of drug-likeness (QED) is 0.265. The van der Waals surface area contributed by atoms with E-state index in [9.17, 15) is 28.8 Å². The predicted molar refractivity (Wildman–Crippen MR) is 130 cm³/mol. The zero-order valence-corrected chi connectivity index (χ0v) is 22.6.